The third kappa shape index (κ3) is 3.65. The van der Waals surface area contributed by atoms with E-state index in [0.717, 1.165) is 0 Å². The van der Waals surface area contributed by atoms with E-state index in [1.807, 2.05) is 18.8 Å². The minimum absolute atomic E-state index is 0.516. The van der Waals surface area contributed by atoms with Crippen LogP contribution in [0.1, 0.15) is 20.8 Å². The zero-order chi connectivity index (χ0) is 8.85. The summed E-state index contributed by atoms with van der Waals surface area (Å²) in [4.78, 5) is 0. The van der Waals surface area contributed by atoms with Gasteiger partial charge in [0.1, 0.15) is 0 Å². The van der Waals surface area contributed by atoms with Crippen LogP contribution < -0.4 is 5.43 Å². The van der Waals surface area contributed by atoms with Crippen molar-refractivity contribution < 1.29 is 0 Å². The monoisotopic (exact) mass is 174 g/mol. The Morgan fingerprint density at radius 2 is 1.91 bits per heavy atom. The second-order valence-corrected chi connectivity index (χ2v) is 3.97. The highest BCUT2D eigenvalue weighted by Crippen LogP contribution is 2.12. The van der Waals surface area contributed by atoms with Gasteiger partial charge in [-0.3, -0.25) is 0 Å². The molecule has 0 saturated heterocycles. The van der Waals surface area contributed by atoms with Crippen LogP contribution in [0, 0.1) is 5.92 Å². The lowest BCUT2D eigenvalue weighted by Crippen LogP contribution is -2.22. The average molecular weight is 174 g/mol. The smallest absolute Gasteiger partial charge is 0.0530 e. The highest BCUT2D eigenvalue weighted by atomic mass is 32.2. The first-order valence-electron chi connectivity index (χ1n) is 3.90. The summed E-state index contributed by atoms with van der Waals surface area (Å²) < 4.78 is 0. The molecular formula is C8H18N2S. The van der Waals surface area contributed by atoms with Gasteiger partial charge in [-0.15, -0.1) is 0 Å². The molecule has 0 bridgehead atoms. The Labute approximate surface area is 73.8 Å². The van der Waals surface area contributed by atoms with Gasteiger partial charge < -0.3 is 5.43 Å². The topological polar surface area (TPSA) is 24.4 Å². The minimum Gasteiger partial charge on any atom is -0.313 e. The van der Waals surface area contributed by atoms with Gasteiger partial charge in [0.15, 0.2) is 0 Å². The van der Waals surface area contributed by atoms with Crippen molar-refractivity contribution in [2.24, 2.45) is 11.0 Å². The van der Waals surface area contributed by atoms with Gasteiger partial charge in [0.25, 0.3) is 0 Å². The number of thioether (sulfide) groups is 1. The van der Waals surface area contributed by atoms with Gasteiger partial charge >= 0.3 is 0 Å². The molecule has 0 amide bonds. The Morgan fingerprint density at radius 3 is 2.18 bits per heavy atom. The van der Waals surface area contributed by atoms with E-state index in [9.17, 15) is 0 Å². The molecule has 0 aliphatic rings. The van der Waals surface area contributed by atoms with E-state index in [-0.39, 0.29) is 0 Å². The van der Waals surface area contributed by atoms with E-state index in [1.165, 1.54) is 5.71 Å². The van der Waals surface area contributed by atoms with Gasteiger partial charge in [-0.25, -0.2) is 0 Å². The fraction of sp³-hybridized carbons (Fsp3) is 0.875. The summed E-state index contributed by atoms with van der Waals surface area (Å²) in [6, 6.07) is 0. The van der Waals surface area contributed by atoms with Crippen molar-refractivity contribution in [3.63, 3.8) is 0 Å². The predicted octanol–water partition coefficient (Wildman–Crippen LogP) is 1.97. The van der Waals surface area contributed by atoms with Crippen LogP contribution in [0.3, 0.4) is 0 Å². The molecule has 0 saturated carbocycles. The van der Waals surface area contributed by atoms with E-state index >= 15 is 0 Å². The molecule has 0 aliphatic heterocycles. The average Bonchev–Trinajstić information content (AvgIpc) is 1.98. The van der Waals surface area contributed by atoms with Crippen molar-refractivity contribution in [1.82, 2.24) is 5.43 Å². The predicted molar refractivity (Wildman–Crippen MR) is 54.3 cm³/mol. The summed E-state index contributed by atoms with van der Waals surface area (Å²) in [6.07, 6.45) is 2.11. The number of hydrogen-bond acceptors (Lipinski definition) is 3. The van der Waals surface area contributed by atoms with Crippen LogP contribution in [0.4, 0.5) is 0 Å². The molecule has 0 aromatic carbocycles. The Morgan fingerprint density at radius 1 is 1.36 bits per heavy atom. The van der Waals surface area contributed by atoms with Crippen molar-refractivity contribution in [3.8, 4) is 0 Å². The van der Waals surface area contributed by atoms with Crippen LogP contribution >= 0.6 is 11.8 Å². The number of rotatable bonds is 4. The molecule has 66 valence electrons. The molecule has 1 atom stereocenters. The Kier molecular flexibility index (Phi) is 5.38. The highest BCUT2D eigenvalue weighted by Gasteiger charge is 2.12. The largest absolute Gasteiger partial charge is 0.313 e. The lowest BCUT2D eigenvalue weighted by atomic mass is 10.1. The fourth-order valence-corrected chi connectivity index (χ4v) is 1.51. The van der Waals surface area contributed by atoms with Crippen LogP contribution in [0.5, 0.6) is 0 Å². The van der Waals surface area contributed by atoms with Crippen molar-refractivity contribution in [2.45, 2.75) is 26.0 Å². The van der Waals surface area contributed by atoms with Crippen LogP contribution in [0.15, 0.2) is 5.10 Å². The normalized spacial score (nSPS) is 15.3. The molecule has 0 fully saturated rings. The third-order valence-corrected chi connectivity index (χ3v) is 2.55. The first kappa shape index (κ1) is 10.8. The summed E-state index contributed by atoms with van der Waals surface area (Å²) in [5.41, 5.74) is 4.08. The third-order valence-electron chi connectivity index (χ3n) is 1.60. The minimum atomic E-state index is 0.516. The van der Waals surface area contributed by atoms with Gasteiger partial charge in [-0.1, -0.05) is 13.8 Å². The van der Waals surface area contributed by atoms with Gasteiger partial charge in [0, 0.05) is 12.3 Å². The van der Waals surface area contributed by atoms with Crippen molar-refractivity contribution >= 4 is 17.5 Å². The second-order valence-electron chi connectivity index (χ2n) is 2.79. The molecule has 0 rings (SSSR count). The van der Waals surface area contributed by atoms with Gasteiger partial charge in [-0.05, 0) is 19.1 Å². The quantitative estimate of drug-likeness (QED) is 0.520. The fourth-order valence-electron chi connectivity index (χ4n) is 0.939. The maximum absolute atomic E-state index is 4.24. The Balaban J connectivity index is 4.21. The van der Waals surface area contributed by atoms with Crippen molar-refractivity contribution in [3.05, 3.63) is 0 Å². The molecule has 0 spiro atoms. The maximum atomic E-state index is 4.24. The molecular weight excluding hydrogens is 156 g/mol. The van der Waals surface area contributed by atoms with Crippen LogP contribution in [-0.2, 0) is 0 Å². The van der Waals surface area contributed by atoms with Crippen LogP contribution in [0.25, 0.3) is 0 Å². The molecule has 0 radical (unpaired) electrons. The van der Waals surface area contributed by atoms with Gasteiger partial charge in [-0.2, -0.15) is 16.9 Å². The molecule has 3 heteroatoms. The van der Waals surface area contributed by atoms with Crippen LogP contribution in [-0.4, -0.2) is 24.3 Å². The molecule has 0 aromatic heterocycles. The summed E-state index contributed by atoms with van der Waals surface area (Å²) in [5, 5.41) is 4.76. The maximum Gasteiger partial charge on any atom is 0.0530 e. The van der Waals surface area contributed by atoms with Gasteiger partial charge in [0.05, 0.1) is 5.71 Å². The molecule has 0 aromatic rings. The van der Waals surface area contributed by atoms with Crippen molar-refractivity contribution in [1.29, 1.82) is 0 Å². The van der Waals surface area contributed by atoms with E-state index in [2.05, 4.69) is 37.6 Å². The van der Waals surface area contributed by atoms with E-state index in [4.69, 9.17) is 0 Å². The zero-order valence-electron chi connectivity index (χ0n) is 8.01. The number of nitrogens with one attached hydrogen (secondary N) is 1. The lowest BCUT2D eigenvalue weighted by Gasteiger charge is -2.15. The molecule has 0 aliphatic carbocycles. The highest BCUT2D eigenvalue weighted by molar-refractivity contribution is 7.99. The molecule has 1 unspecified atom stereocenters. The first-order valence-corrected chi connectivity index (χ1v) is 5.19. The summed E-state index contributed by atoms with van der Waals surface area (Å²) >= 11 is 1.83. The van der Waals surface area contributed by atoms with E-state index in [1.54, 1.807) is 0 Å². The van der Waals surface area contributed by atoms with Crippen molar-refractivity contribution in [2.75, 3.05) is 13.3 Å². The SMILES string of the molecule is CN/N=C(\C(C)C)C(C)SC. The zero-order valence-corrected chi connectivity index (χ0v) is 8.83. The second kappa shape index (κ2) is 5.47. The number of hydrogen-bond donors (Lipinski definition) is 1. The summed E-state index contributed by atoms with van der Waals surface area (Å²) in [5.74, 6) is 0.532. The van der Waals surface area contributed by atoms with Crippen LogP contribution in [0.2, 0.25) is 0 Å². The summed E-state index contributed by atoms with van der Waals surface area (Å²) in [7, 11) is 1.84. The molecule has 0 heterocycles. The first-order chi connectivity index (χ1) is 5.13. The summed E-state index contributed by atoms with van der Waals surface area (Å²) in [6.45, 7) is 6.52. The molecule has 11 heavy (non-hydrogen) atoms. The molecule has 1 N–H and O–H groups in total. The Bertz CT molecular complexity index is 132. The van der Waals surface area contributed by atoms with E-state index < -0.39 is 0 Å². The standard InChI is InChI=1S/C8H18N2S/c1-6(2)8(10-9-4)7(3)11-5/h6-7,9H,1-5H3/b10-8+. The number of nitrogens with zero attached hydrogens (tertiary/aromatic N) is 1. The van der Waals surface area contributed by atoms with Gasteiger partial charge in [0.2, 0.25) is 0 Å². The van der Waals surface area contributed by atoms with E-state index in [0.29, 0.717) is 11.2 Å². The molecule has 2 nitrogen and oxygen atoms in total. The lowest BCUT2D eigenvalue weighted by molar-refractivity contribution is 0.807. The Hall–Kier alpha value is -0.180. The number of hydrazone groups is 1.